The van der Waals surface area contributed by atoms with Crippen LogP contribution in [-0.2, 0) is 6.42 Å². The third-order valence-electron chi connectivity index (χ3n) is 4.92. The van der Waals surface area contributed by atoms with Crippen LogP contribution in [0.4, 0.5) is 4.39 Å². The summed E-state index contributed by atoms with van der Waals surface area (Å²) in [6, 6.07) is 5.87. The van der Waals surface area contributed by atoms with E-state index in [0.717, 1.165) is 24.4 Å². The van der Waals surface area contributed by atoms with Crippen LogP contribution in [0.15, 0.2) is 18.2 Å². The molecule has 20 heavy (non-hydrogen) atoms. The first-order valence-corrected chi connectivity index (χ1v) is 8.12. The molecule has 1 fully saturated rings. The number of hydrogen-bond donors (Lipinski definition) is 1. The van der Waals surface area contributed by atoms with Gasteiger partial charge in [-0.15, -0.1) is 0 Å². The van der Waals surface area contributed by atoms with Gasteiger partial charge in [-0.25, -0.2) is 4.39 Å². The summed E-state index contributed by atoms with van der Waals surface area (Å²) in [5.41, 5.74) is 2.41. The molecule has 1 nitrogen and oxygen atoms in total. The van der Waals surface area contributed by atoms with E-state index in [1.54, 1.807) is 12.1 Å². The van der Waals surface area contributed by atoms with E-state index < -0.39 is 0 Å². The van der Waals surface area contributed by atoms with Gasteiger partial charge in [-0.05, 0) is 74.2 Å². The monoisotopic (exact) mass is 277 g/mol. The van der Waals surface area contributed by atoms with E-state index in [2.05, 4.69) is 19.2 Å². The van der Waals surface area contributed by atoms with E-state index in [9.17, 15) is 4.39 Å². The number of halogens is 1. The van der Waals surface area contributed by atoms with E-state index in [1.165, 1.54) is 31.2 Å². The molecule has 0 saturated heterocycles. The van der Waals surface area contributed by atoms with Crippen molar-refractivity contribution in [3.63, 3.8) is 0 Å². The lowest BCUT2D eigenvalue weighted by molar-refractivity contribution is 0.199. The Hall–Kier alpha value is -0.890. The first-order chi connectivity index (χ1) is 9.63. The van der Waals surface area contributed by atoms with Gasteiger partial charge in [0.1, 0.15) is 5.82 Å². The van der Waals surface area contributed by atoms with Crippen LogP contribution in [0.5, 0.6) is 0 Å². The highest BCUT2D eigenvalue weighted by Gasteiger charge is 2.29. The minimum absolute atomic E-state index is 0.121. The van der Waals surface area contributed by atoms with Crippen molar-refractivity contribution in [2.75, 3.05) is 6.54 Å². The lowest BCUT2D eigenvalue weighted by Gasteiger charge is -2.37. The van der Waals surface area contributed by atoms with Gasteiger partial charge >= 0.3 is 0 Å². The lowest BCUT2D eigenvalue weighted by atomic mass is 9.74. The van der Waals surface area contributed by atoms with Crippen molar-refractivity contribution in [3.8, 4) is 0 Å². The number of rotatable bonds is 5. The van der Waals surface area contributed by atoms with Crippen LogP contribution >= 0.6 is 0 Å². The Balaban J connectivity index is 2.09. The topological polar surface area (TPSA) is 12.0 Å². The average Bonchev–Trinajstić information content (AvgIpc) is 2.44. The first-order valence-electron chi connectivity index (χ1n) is 8.12. The van der Waals surface area contributed by atoms with Crippen molar-refractivity contribution >= 4 is 0 Å². The van der Waals surface area contributed by atoms with Gasteiger partial charge in [-0.3, -0.25) is 0 Å². The quantitative estimate of drug-likeness (QED) is 0.836. The van der Waals surface area contributed by atoms with Gasteiger partial charge in [0.05, 0.1) is 0 Å². The maximum absolute atomic E-state index is 13.2. The van der Waals surface area contributed by atoms with Crippen LogP contribution in [-0.4, -0.2) is 12.6 Å². The maximum Gasteiger partial charge on any atom is 0.123 e. The molecule has 1 aromatic carbocycles. The Bertz CT molecular complexity index is 429. The molecule has 1 aliphatic carbocycles. The fourth-order valence-electron chi connectivity index (χ4n) is 3.66. The van der Waals surface area contributed by atoms with Crippen molar-refractivity contribution in [3.05, 3.63) is 35.1 Å². The zero-order valence-electron chi connectivity index (χ0n) is 13.1. The molecule has 1 N–H and O–H groups in total. The largest absolute Gasteiger partial charge is 0.314 e. The second kappa shape index (κ2) is 7.21. The molecular weight excluding hydrogens is 249 g/mol. The number of benzene rings is 1. The standard InChI is InChI=1S/C18H28FN/c1-4-14-6-9-18(20-5-2)16(11-14)12-15-7-8-17(19)10-13(15)3/h7-8,10,14,16,18,20H,4-6,9,11-12H2,1-3H3. The van der Waals surface area contributed by atoms with Crippen molar-refractivity contribution in [1.82, 2.24) is 5.32 Å². The lowest BCUT2D eigenvalue weighted by Crippen LogP contribution is -2.41. The summed E-state index contributed by atoms with van der Waals surface area (Å²) in [5.74, 6) is 1.44. The van der Waals surface area contributed by atoms with Gasteiger partial charge < -0.3 is 5.32 Å². The van der Waals surface area contributed by atoms with Crippen molar-refractivity contribution in [2.45, 2.75) is 58.9 Å². The molecule has 2 heteroatoms. The summed E-state index contributed by atoms with van der Waals surface area (Å²) < 4.78 is 13.2. The molecular formula is C18H28FN. The molecule has 0 aromatic heterocycles. The van der Waals surface area contributed by atoms with Crippen molar-refractivity contribution in [1.29, 1.82) is 0 Å². The summed E-state index contributed by atoms with van der Waals surface area (Å²) in [6.07, 6.45) is 6.33. The normalized spacial score (nSPS) is 26.7. The van der Waals surface area contributed by atoms with Crippen LogP contribution in [0.1, 0.15) is 50.7 Å². The van der Waals surface area contributed by atoms with Crippen molar-refractivity contribution in [2.24, 2.45) is 11.8 Å². The third-order valence-corrected chi connectivity index (χ3v) is 4.92. The van der Waals surface area contributed by atoms with E-state index in [1.807, 2.05) is 13.0 Å². The molecule has 0 radical (unpaired) electrons. The fourth-order valence-corrected chi connectivity index (χ4v) is 3.66. The van der Waals surface area contributed by atoms with Crippen LogP contribution in [0.3, 0.4) is 0 Å². The minimum atomic E-state index is -0.121. The summed E-state index contributed by atoms with van der Waals surface area (Å²) in [5, 5.41) is 3.66. The number of nitrogens with one attached hydrogen (secondary N) is 1. The zero-order valence-corrected chi connectivity index (χ0v) is 13.1. The molecule has 0 spiro atoms. The molecule has 112 valence electrons. The Morgan fingerprint density at radius 1 is 1.25 bits per heavy atom. The smallest absolute Gasteiger partial charge is 0.123 e. The van der Waals surface area contributed by atoms with E-state index in [-0.39, 0.29) is 5.82 Å². The third kappa shape index (κ3) is 3.82. The highest BCUT2D eigenvalue weighted by molar-refractivity contribution is 5.27. The van der Waals surface area contributed by atoms with Gasteiger partial charge in [0.15, 0.2) is 0 Å². The molecule has 1 aromatic rings. The van der Waals surface area contributed by atoms with Gasteiger partial charge in [-0.1, -0.05) is 26.3 Å². The Labute approximate surface area is 123 Å². The van der Waals surface area contributed by atoms with Crippen LogP contribution in [0.25, 0.3) is 0 Å². The first kappa shape index (κ1) is 15.5. The minimum Gasteiger partial charge on any atom is -0.314 e. The second-order valence-corrected chi connectivity index (χ2v) is 6.29. The molecule has 2 rings (SSSR count). The average molecular weight is 277 g/mol. The van der Waals surface area contributed by atoms with Crippen molar-refractivity contribution < 1.29 is 4.39 Å². The molecule has 1 aliphatic rings. The van der Waals surface area contributed by atoms with Crippen LogP contribution < -0.4 is 5.32 Å². The molecule has 0 amide bonds. The molecule has 1 saturated carbocycles. The molecule has 0 bridgehead atoms. The van der Waals surface area contributed by atoms with E-state index in [0.29, 0.717) is 12.0 Å². The van der Waals surface area contributed by atoms with Gasteiger partial charge in [0, 0.05) is 6.04 Å². The summed E-state index contributed by atoms with van der Waals surface area (Å²) >= 11 is 0. The van der Waals surface area contributed by atoms with E-state index >= 15 is 0 Å². The van der Waals surface area contributed by atoms with Crippen LogP contribution in [0.2, 0.25) is 0 Å². The summed E-state index contributed by atoms with van der Waals surface area (Å²) in [7, 11) is 0. The highest BCUT2D eigenvalue weighted by atomic mass is 19.1. The molecule has 0 heterocycles. The highest BCUT2D eigenvalue weighted by Crippen LogP contribution is 2.34. The predicted octanol–water partition coefficient (Wildman–Crippen LogP) is 4.48. The Morgan fingerprint density at radius 3 is 2.70 bits per heavy atom. The maximum atomic E-state index is 13.2. The summed E-state index contributed by atoms with van der Waals surface area (Å²) in [6.45, 7) is 7.56. The Kier molecular flexibility index (Phi) is 5.59. The second-order valence-electron chi connectivity index (χ2n) is 6.29. The SMILES string of the molecule is CCNC1CCC(CC)CC1Cc1ccc(F)cc1C. The number of aryl methyl sites for hydroxylation is 1. The van der Waals surface area contributed by atoms with Gasteiger partial charge in [-0.2, -0.15) is 0 Å². The molecule has 0 aliphatic heterocycles. The van der Waals surface area contributed by atoms with Gasteiger partial charge in [0.25, 0.3) is 0 Å². The molecule has 3 unspecified atom stereocenters. The van der Waals surface area contributed by atoms with E-state index in [4.69, 9.17) is 0 Å². The molecule has 3 atom stereocenters. The van der Waals surface area contributed by atoms with Crippen LogP contribution in [0, 0.1) is 24.6 Å². The van der Waals surface area contributed by atoms with Gasteiger partial charge in [0.2, 0.25) is 0 Å². The zero-order chi connectivity index (χ0) is 14.5. The number of hydrogen-bond acceptors (Lipinski definition) is 1. The summed E-state index contributed by atoms with van der Waals surface area (Å²) in [4.78, 5) is 0. The fraction of sp³-hybridized carbons (Fsp3) is 0.667. The Morgan fingerprint density at radius 2 is 2.05 bits per heavy atom. The predicted molar refractivity (Wildman–Crippen MR) is 83.4 cm³/mol.